The van der Waals surface area contributed by atoms with Gasteiger partial charge in [0.1, 0.15) is 0 Å². The Bertz CT molecular complexity index is 517. The standard InChI is InChI=1S/C6H10.2C5H9N.C5H10.C4H8N2.C4H9N.C3H8N2.7C2H6/c1-3-5-6-4-2;2*1-3-4-5-6-2;1-3-5-4-2;1-5-3-4-6-2;1-3-4-5-2;1-4-3-5-2;7*1-2/h3-6H,1-2H3;2*3-5H,1-2H3;3,5H,4H2,1-2H3;3-4H,1-2H3;3-5H,1-2H3;3H,1-2H3,(H,4,5);7*1-2H3/b5-3-,6-4-;2*4-3-,6-5?;5-3-;;4-3-;;;;;;;;. The summed E-state index contributed by atoms with van der Waals surface area (Å²) in [5, 5.41) is 5.56. The number of allylic oxidation sites excluding steroid dienone is 11. The fraction of sp³-hybridized carbons (Fsp3) is 0.630. The smallest absolute Gasteiger partial charge is 0.0817 e. The van der Waals surface area contributed by atoms with E-state index in [9.17, 15) is 0 Å². The molecule has 7 nitrogen and oxygen atoms in total. The van der Waals surface area contributed by atoms with Crippen molar-refractivity contribution in [1.29, 1.82) is 0 Å². The van der Waals surface area contributed by atoms with Gasteiger partial charge < -0.3 is 10.6 Å². The molecule has 0 unspecified atom stereocenters. The van der Waals surface area contributed by atoms with Gasteiger partial charge in [-0.05, 0) is 66.3 Å². The van der Waals surface area contributed by atoms with Crippen LogP contribution in [0.1, 0.15) is 152 Å². The summed E-state index contributed by atoms with van der Waals surface area (Å²) in [4.78, 5) is 18.3. The summed E-state index contributed by atoms with van der Waals surface area (Å²) in [6, 6.07) is 0. The van der Waals surface area contributed by atoms with Crippen LogP contribution in [0.2, 0.25) is 0 Å². The van der Waals surface area contributed by atoms with Crippen LogP contribution in [0.25, 0.3) is 0 Å². The molecule has 0 bridgehead atoms. The quantitative estimate of drug-likeness (QED) is 0.117. The normalized spacial score (nSPS) is 8.75. The fourth-order valence-electron chi connectivity index (χ4n) is 1.23. The molecule has 0 atom stereocenters. The molecule has 0 saturated heterocycles. The summed E-state index contributed by atoms with van der Waals surface area (Å²) in [6.45, 7) is 42.0. The average molecular weight is 756 g/mol. The van der Waals surface area contributed by atoms with E-state index >= 15 is 0 Å². The van der Waals surface area contributed by atoms with Crippen molar-refractivity contribution in [2.24, 2.45) is 25.0 Å². The lowest BCUT2D eigenvalue weighted by molar-refractivity contribution is 1.10. The van der Waals surface area contributed by atoms with Gasteiger partial charge >= 0.3 is 0 Å². The first-order valence-corrected chi connectivity index (χ1v) is 20.0. The van der Waals surface area contributed by atoms with E-state index in [1.165, 1.54) is 0 Å². The van der Waals surface area contributed by atoms with Crippen LogP contribution in [0.3, 0.4) is 0 Å². The van der Waals surface area contributed by atoms with Gasteiger partial charge in [0.2, 0.25) is 0 Å². The maximum atomic E-state index is 3.71. The first-order valence-electron chi connectivity index (χ1n) is 20.0. The van der Waals surface area contributed by atoms with E-state index in [0.29, 0.717) is 0 Å². The van der Waals surface area contributed by atoms with E-state index in [2.05, 4.69) is 54.7 Å². The molecule has 2 N–H and O–H groups in total. The summed E-state index contributed by atoms with van der Waals surface area (Å²) in [7, 11) is 12.3. The zero-order valence-electron chi connectivity index (χ0n) is 41.8. The van der Waals surface area contributed by atoms with Crippen molar-refractivity contribution < 1.29 is 0 Å². The van der Waals surface area contributed by atoms with E-state index in [1.54, 1.807) is 66.4 Å². The Labute approximate surface area is 340 Å². The Kier molecular flexibility index (Phi) is 414. The average Bonchev–Trinajstić information content (AvgIpc) is 3.25. The molecule has 0 amide bonds. The second kappa shape index (κ2) is 238. The second-order valence-electron chi connectivity index (χ2n) is 6.17. The highest BCUT2D eigenvalue weighted by Crippen LogP contribution is 1.73. The van der Waals surface area contributed by atoms with Crippen LogP contribution in [-0.4, -0.2) is 80.5 Å². The number of hydrogen-bond donors (Lipinski definition) is 2. The molecule has 0 aromatic heterocycles. The highest BCUT2D eigenvalue weighted by Gasteiger charge is 1.53. The van der Waals surface area contributed by atoms with Gasteiger partial charge in [0.15, 0.2) is 0 Å². The Balaban J connectivity index is -0.0000000264. The van der Waals surface area contributed by atoms with E-state index in [0.717, 1.165) is 6.42 Å². The zero-order valence-corrected chi connectivity index (χ0v) is 41.8. The number of rotatable bonds is 7. The molecule has 0 aromatic rings. The third-order valence-electron chi connectivity index (χ3n) is 2.78. The Morgan fingerprint density at radius 3 is 0.698 bits per heavy atom. The minimum absolute atomic E-state index is 1.16. The highest BCUT2D eigenvalue weighted by molar-refractivity contribution is 6.15. The van der Waals surface area contributed by atoms with Crippen molar-refractivity contribution in [3.05, 3.63) is 73.0 Å². The predicted octanol–water partition coefficient (Wildman–Crippen LogP) is 14.8. The van der Waals surface area contributed by atoms with Gasteiger partial charge in [-0.2, -0.15) is 0 Å². The summed E-state index contributed by atoms with van der Waals surface area (Å²) >= 11 is 0. The molecule has 0 rings (SSSR count). The summed E-state index contributed by atoms with van der Waals surface area (Å²) in [5.41, 5.74) is 0. The van der Waals surface area contributed by atoms with Crippen molar-refractivity contribution >= 4 is 31.2 Å². The first-order chi connectivity index (χ1) is 25.9. The molecule has 0 saturated carbocycles. The molecule has 0 radical (unpaired) electrons. The molecule has 0 fully saturated rings. The lowest BCUT2D eigenvalue weighted by atomic mass is 10.4. The predicted molar refractivity (Wildman–Crippen MR) is 269 cm³/mol. The van der Waals surface area contributed by atoms with Gasteiger partial charge in [0.25, 0.3) is 0 Å². The molecule has 0 aromatic carbocycles. The Morgan fingerprint density at radius 2 is 0.642 bits per heavy atom. The maximum absolute atomic E-state index is 3.71. The van der Waals surface area contributed by atoms with Crippen LogP contribution in [0, 0.1) is 0 Å². The van der Waals surface area contributed by atoms with E-state index in [4.69, 9.17) is 0 Å². The molecule has 0 aliphatic rings. The highest BCUT2D eigenvalue weighted by atomic mass is 14.9. The van der Waals surface area contributed by atoms with Gasteiger partial charge in [0.05, 0.1) is 6.34 Å². The van der Waals surface area contributed by atoms with Crippen molar-refractivity contribution in [3.63, 3.8) is 0 Å². The first kappa shape index (κ1) is 92.3. The summed E-state index contributed by atoms with van der Waals surface area (Å²) < 4.78 is 0. The van der Waals surface area contributed by atoms with Crippen LogP contribution in [0.15, 0.2) is 98.0 Å². The van der Waals surface area contributed by atoms with Crippen molar-refractivity contribution in [3.8, 4) is 0 Å². The SMILES string of the molecule is C/C=C\C=C/C.C/C=C\C=NC.C/C=C\C=NC.C/C=C\CC.C/C=C\NC.CC.CC.CC.CC.CC.CC.CC.CN=CC=NC.CN=CNC. The lowest BCUT2D eigenvalue weighted by Crippen LogP contribution is -1.99. The van der Waals surface area contributed by atoms with E-state index < -0.39 is 0 Å². The van der Waals surface area contributed by atoms with E-state index in [1.807, 2.05) is 213 Å². The molecule has 324 valence electrons. The number of nitrogens with zero attached hydrogens (tertiary/aromatic N) is 5. The van der Waals surface area contributed by atoms with Gasteiger partial charge in [-0.3, -0.25) is 25.0 Å². The van der Waals surface area contributed by atoms with Crippen LogP contribution in [0.4, 0.5) is 0 Å². The van der Waals surface area contributed by atoms with Crippen LogP contribution < -0.4 is 10.6 Å². The zero-order chi connectivity index (χ0) is 45.7. The number of aliphatic imine (C=N–C) groups is 5. The Hall–Kier alpha value is -3.61. The Morgan fingerprint density at radius 1 is 0.358 bits per heavy atom. The molecular formula is C46H105N7. The van der Waals surface area contributed by atoms with Crippen molar-refractivity contribution in [2.75, 3.05) is 49.3 Å². The third-order valence-corrected chi connectivity index (χ3v) is 2.78. The fourth-order valence-corrected chi connectivity index (χ4v) is 1.23. The molecule has 0 heterocycles. The second-order valence-corrected chi connectivity index (χ2v) is 6.17. The molecule has 53 heavy (non-hydrogen) atoms. The number of hydrogen-bond acceptors (Lipinski definition) is 6. The third kappa shape index (κ3) is 503. The minimum atomic E-state index is 1.16. The monoisotopic (exact) mass is 756 g/mol. The molecule has 0 spiro atoms. The van der Waals surface area contributed by atoms with E-state index in [-0.39, 0.29) is 0 Å². The molecule has 7 heteroatoms. The lowest BCUT2D eigenvalue weighted by Gasteiger charge is -1.75. The van der Waals surface area contributed by atoms with Crippen molar-refractivity contribution in [1.82, 2.24) is 10.6 Å². The minimum Gasteiger partial charge on any atom is -0.394 e. The maximum Gasteiger partial charge on any atom is 0.0817 e. The number of nitrogens with one attached hydrogen (secondary N) is 2. The molecule has 0 aliphatic carbocycles. The van der Waals surface area contributed by atoms with Crippen LogP contribution in [-0.2, 0) is 0 Å². The molecular weight excluding hydrogens is 651 g/mol. The van der Waals surface area contributed by atoms with Crippen molar-refractivity contribution in [2.45, 2.75) is 152 Å². The van der Waals surface area contributed by atoms with Gasteiger partial charge in [0, 0.05) is 74.2 Å². The van der Waals surface area contributed by atoms with Crippen LogP contribution >= 0.6 is 0 Å². The van der Waals surface area contributed by atoms with Gasteiger partial charge in [-0.15, -0.1) is 0 Å². The van der Waals surface area contributed by atoms with Gasteiger partial charge in [-0.1, -0.05) is 159 Å². The summed E-state index contributed by atoms with van der Waals surface area (Å²) in [5.74, 6) is 0. The van der Waals surface area contributed by atoms with Gasteiger partial charge in [-0.25, -0.2) is 0 Å². The van der Waals surface area contributed by atoms with Crippen LogP contribution in [0.5, 0.6) is 0 Å². The summed E-state index contributed by atoms with van der Waals surface area (Å²) in [6.07, 6.45) is 33.2. The molecule has 0 aliphatic heterocycles. The topological polar surface area (TPSA) is 85.9 Å². The largest absolute Gasteiger partial charge is 0.394 e.